The summed E-state index contributed by atoms with van der Waals surface area (Å²) in [6.45, 7) is 2.66. The second kappa shape index (κ2) is 6.92. The lowest BCUT2D eigenvalue weighted by Crippen LogP contribution is -2.21. The van der Waals surface area contributed by atoms with Crippen LogP contribution < -0.4 is 0 Å². The second-order valence-corrected chi connectivity index (χ2v) is 4.54. The van der Waals surface area contributed by atoms with Gasteiger partial charge in [-0.25, -0.2) is 0 Å². The van der Waals surface area contributed by atoms with Crippen molar-refractivity contribution in [2.24, 2.45) is 11.1 Å². The van der Waals surface area contributed by atoms with Gasteiger partial charge in [-0.3, -0.25) is 4.79 Å². The lowest BCUT2D eigenvalue weighted by atomic mass is 10.1. The molecule has 0 aromatic heterocycles. The molecule has 1 saturated carbocycles. The number of esters is 1. The van der Waals surface area contributed by atoms with Crippen molar-refractivity contribution in [2.45, 2.75) is 32.8 Å². The fourth-order valence-corrected chi connectivity index (χ4v) is 2.20. The number of nitrogens with zero attached hydrogens (tertiary/aromatic N) is 1. The minimum absolute atomic E-state index is 0.179. The third-order valence-electron chi connectivity index (χ3n) is 3.15. The highest BCUT2D eigenvalue weighted by Crippen LogP contribution is 2.24. The molecule has 1 aliphatic carbocycles. The van der Waals surface area contributed by atoms with E-state index in [2.05, 4.69) is 5.16 Å². The van der Waals surface area contributed by atoms with Crippen molar-refractivity contribution in [1.29, 1.82) is 0 Å². The molecule has 1 aliphatic rings. The molecule has 2 rings (SSSR count). The summed E-state index contributed by atoms with van der Waals surface area (Å²) in [5.41, 5.74) is 1.88. The zero-order valence-electron chi connectivity index (χ0n) is 11.2. The van der Waals surface area contributed by atoms with E-state index in [0.717, 1.165) is 30.5 Å². The molecule has 1 unspecified atom stereocenters. The van der Waals surface area contributed by atoms with Crippen LogP contribution in [0.2, 0.25) is 0 Å². The topological polar surface area (TPSA) is 47.9 Å². The van der Waals surface area contributed by atoms with Crippen molar-refractivity contribution in [1.82, 2.24) is 0 Å². The Morgan fingerprint density at radius 3 is 2.89 bits per heavy atom. The summed E-state index contributed by atoms with van der Waals surface area (Å²) in [5, 5.41) is 4.12. The van der Waals surface area contributed by atoms with E-state index in [1.54, 1.807) is 0 Å². The van der Waals surface area contributed by atoms with E-state index < -0.39 is 0 Å². The average molecular weight is 261 g/mol. The van der Waals surface area contributed by atoms with Crippen LogP contribution in [0.1, 0.15) is 31.7 Å². The number of oxime groups is 1. The van der Waals surface area contributed by atoms with Gasteiger partial charge < -0.3 is 9.57 Å². The maximum atomic E-state index is 11.7. The zero-order valence-corrected chi connectivity index (χ0v) is 11.2. The third-order valence-corrected chi connectivity index (χ3v) is 3.15. The van der Waals surface area contributed by atoms with Crippen LogP contribution in [-0.4, -0.2) is 18.3 Å². The van der Waals surface area contributed by atoms with Gasteiger partial charge in [0.25, 0.3) is 0 Å². The molecule has 4 nitrogen and oxygen atoms in total. The van der Waals surface area contributed by atoms with Crippen LogP contribution in [0.4, 0.5) is 0 Å². The van der Waals surface area contributed by atoms with Gasteiger partial charge in [0.05, 0.1) is 18.2 Å². The minimum Gasteiger partial charge on any atom is -0.465 e. The number of hydrogen-bond donors (Lipinski definition) is 0. The predicted molar refractivity (Wildman–Crippen MR) is 72.6 cm³/mol. The standard InChI is InChI=1S/C15H19NO3/c1-2-18-15(17)13-9-6-10-14(13)16-19-11-12-7-4-3-5-8-12/h3-5,7-8,13H,2,6,9-11H2,1H3/b16-14+. The monoisotopic (exact) mass is 261 g/mol. The molecule has 1 fully saturated rings. The van der Waals surface area contributed by atoms with Crippen molar-refractivity contribution >= 4 is 11.7 Å². The zero-order chi connectivity index (χ0) is 13.5. The van der Waals surface area contributed by atoms with E-state index in [-0.39, 0.29) is 11.9 Å². The van der Waals surface area contributed by atoms with E-state index in [1.165, 1.54) is 0 Å². The average Bonchev–Trinajstić information content (AvgIpc) is 2.89. The fourth-order valence-electron chi connectivity index (χ4n) is 2.20. The van der Waals surface area contributed by atoms with Crippen molar-refractivity contribution in [2.75, 3.05) is 6.61 Å². The summed E-state index contributed by atoms with van der Waals surface area (Å²) in [6, 6.07) is 9.85. The smallest absolute Gasteiger partial charge is 0.314 e. The molecular weight excluding hydrogens is 242 g/mol. The number of rotatable bonds is 5. The maximum absolute atomic E-state index is 11.7. The Balaban J connectivity index is 1.89. The third kappa shape index (κ3) is 3.81. The van der Waals surface area contributed by atoms with E-state index in [9.17, 15) is 4.79 Å². The van der Waals surface area contributed by atoms with Crippen LogP contribution >= 0.6 is 0 Å². The Kier molecular flexibility index (Phi) is 4.95. The molecule has 19 heavy (non-hydrogen) atoms. The number of carbonyl (C=O) groups excluding carboxylic acids is 1. The van der Waals surface area contributed by atoms with Crippen molar-refractivity contribution in [3.8, 4) is 0 Å². The normalized spacial score (nSPS) is 20.5. The summed E-state index contributed by atoms with van der Waals surface area (Å²) < 4.78 is 5.05. The maximum Gasteiger partial charge on any atom is 0.314 e. The lowest BCUT2D eigenvalue weighted by Gasteiger charge is -2.09. The molecule has 1 atom stereocenters. The van der Waals surface area contributed by atoms with Crippen LogP contribution in [0.5, 0.6) is 0 Å². The van der Waals surface area contributed by atoms with Gasteiger partial charge >= 0.3 is 5.97 Å². The first-order valence-electron chi connectivity index (χ1n) is 6.70. The number of ether oxygens (including phenoxy) is 1. The van der Waals surface area contributed by atoms with Gasteiger partial charge in [-0.1, -0.05) is 35.5 Å². The number of benzene rings is 1. The summed E-state index contributed by atoms with van der Waals surface area (Å²) in [6.07, 6.45) is 2.60. The molecule has 0 aliphatic heterocycles. The molecule has 0 N–H and O–H groups in total. The largest absolute Gasteiger partial charge is 0.465 e. The van der Waals surface area contributed by atoms with Gasteiger partial charge in [0.15, 0.2) is 0 Å². The van der Waals surface area contributed by atoms with E-state index in [1.807, 2.05) is 37.3 Å². The van der Waals surface area contributed by atoms with Gasteiger partial charge in [0.2, 0.25) is 0 Å². The molecule has 102 valence electrons. The van der Waals surface area contributed by atoms with Crippen LogP contribution in [0.15, 0.2) is 35.5 Å². The molecule has 0 heterocycles. The molecule has 0 spiro atoms. The highest BCUT2D eigenvalue weighted by molar-refractivity contribution is 6.03. The summed E-state index contributed by atoms with van der Waals surface area (Å²) in [7, 11) is 0. The van der Waals surface area contributed by atoms with Crippen LogP contribution in [0, 0.1) is 5.92 Å². The minimum atomic E-state index is -0.212. The predicted octanol–water partition coefficient (Wildman–Crippen LogP) is 2.92. The SMILES string of the molecule is CCOC(=O)C1CCC/C1=N\OCc1ccccc1. The Bertz CT molecular complexity index is 442. The van der Waals surface area contributed by atoms with Gasteiger partial charge in [0.1, 0.15) is 6.61 Å². The molecule has 0 saturated heterocycles. The Hall–Kier alpha value is -1.84. The summed E-state index contributed by atoms with van der Waals surface area (Å²) in [4.78, 5) is 17.1. The molecule has 1 aromatic carbocycles. The highest BCUT2D eigenvalue weighted by atomic mass is 16.6. The first-order chi connectivity index (χ1) is 9.31. The van der Waals surface area contributed by atoms with Crippen molar-refractivity contribution < 1.29 is 14.4 Å². The quantitative estimate of drug-likeness (QED) is 0.605. The fraction of sp³-hybridized carbons (Fsp3) is 0.467. The lowest BCUT2D eigenvalue weighted by molar-refractivity contribution is -0.145. The van der Waals surface area contributed by atoms with Gasteiger partial charge in [0, 0.05) is 0 Å². The summed E-state index contributed by atoms with van der Waals surface area (Å²) >= 11 is 0. The number of hydrogen-bond acceptors (Lipinski definition) is 4. The van der Waals surface area contributed by atoms with Crippen molar-refractivity contribution in [3.05, 3.63) is 35.9 Å². The molecule has 0 bridgehead atoms. The molecule has 1 aromatic rings. The Labute approximate surface area is 113 Å². The first-order valence-corrected chi connectivity index (χ1v) is 6.70. The first kappa shape index (κ1) is 13.6. The van der Waals surface area contributed by atoms with Gasteiger partial charge in [-0.05, 0) is 31.7 Å². The van der Waals surface area contributed by atoms with E-state index >= 15 is 0 Å². The van der Waals surface area contributed by atoms with Crippen molar-refractivity contribution in [3.63, 3.8) is 0 Å². The van der Waals surface area contributed by atoms with E-state index in [4.69, 9.17) is 9.57 Å². The Morgan fingerprint density at radius 1 is 1.37 bits per heavy atom. The molecule has 0 amide bonds. The van der Waals surface area contributed by atoms with Gasteiger partial charge in [-0.15, -0.1) is 0 Å². The second-order valence-electron chi connectivity index (χ2n) is 4.54. The number of carbonyl (C=O) groups is 1. The van der Waals surface area contributed by atoms with Crippen LogP contribution in [0.25, 0.3) is 0 Å². The van der Waals surface area contributed by atoms with E-state index in [0.29, 0.717) is 13.2 Å². The molecular formula is C15H19NO3. The Morgan fingerprint density at radius 2 is 2.16 bits per heavy atom. The van der Waals surface area contributed by atoms with Crippen LogP contribution in [-0.2, 0) is 21.0 Å². The van der Waals surface area contributed by atoms with Crippen LogP contribution in [0.3, 0.4) is 0 Å². The molecule has 0 radical (unpaired) electrons. The van der Waals surface area contributed by atoms with Gasteiger partial charge in [-0.2, -0.15) is 0 Å². The highest BCUT2D eigenvalue weighted by Gasteiger charge is 2.31. The summed E-state index contributed by atoms with van der Waals surface area (Å²) in [5.74, 6) is -0.391. The molecule has 4 heteroatoms.